The molecule has 1 aromatic heterocycles. The molecule has 0 fully saturated rings. The van der Waals surface area contributed by atoms with Crippen LogP contribution < -0.4 is 0 Å². The molecular weight excluding hydrogens is 316 g/mol. The molecule has 6 nitrogen and oxygen atoms in total. The highest BCUT2D eigenvalue weighted by molar-refractivity contribution is 9.10. The van der Waals surface area contributed by atoms with E-state index >= 15 is 0 Å². The van der Waals surface area contributed by atoms with Crippen molar-refractivity contribution in [3.63, 3.8) is 0 Å². The third kappa shape index (κ3) is 3.62. The fourth-order valence-corrected chi connectivity index (χ4v) is 1.68. The van der Waals surface area contributed by atoms with Gasteiger partial charge in [-0.15, -0.1) is 10.2 Å². The maximum Gasteiger partial charge on any atom is 0.329 e. The van der Waals surface area contributed by atoms with Crippen molar-refractivity contribution in [3.8, 4) is 11.5 Å². The van der Waals surface area contributed by atoms with E-state index in [1.54, 1.807) is 0 Å². The van der Waals surface area contributed by atoms with Crippen LogP contribution in [-0.4, -0.2) is 27.9 Å². The summed E-state index contributed by atoms with van der Waals surface area (Å²) in [6.45, 7) is 1.55. The van der Waals surface area contributed by atoms with Crippen molar-refractivity contribution in [3.05, 3.63) is 34.1 Å². The number of halogens is 1. The third-order valence-corrected chi connectivity index (χ3v) is 3.21. The average molecular weight is 327 g/mol. The molecule has 0 unspecified atom stereocenters. The van der Waals surface area contributed by atoms with Crippen molar-refractivity contribution in [1.82, 2.24) is 10.2 Å². The molecule has 0 saturated heterocycles. The highest BCUT2D eigenvalue weighted by Gasteiger charge is 2.10. The van der Waals surface area contributed by atoms with Crippen LogP contribution in [0.2, 0.25) is 0 Å². The lowest BCUT2D eigenvalue weighted by molar-refractivity contribution is -0.142. The predicted molar refractivity (Wildman–Crippen MR) is 69.5 cm³/mol. The second kappa shape index (κ2) is 5.94. The summed E-state index contributed by atoms with van der Waals surface area (Å²) in [6.07, 6.45) is 0. The van der Waals surface area contributed by atoms with E-state index in [-0.39, 0.29) is 12.5 Å². The summed E-state index contributed by atoms with van der Waals surface area (Å²) in [6, 6.07) is 5.67. The van der Waals surface area contributed by atoms with E-state index in [9.17, 15) is 4.79 Å². The zero-order valence-corrected chi connectivity index (χ0v) is 11.7. The van der Waals surface area contributed by atoms with E-state index in [2.05, 4.69) is 26.1 Å². The predicted octanol–water partition coefficient (Wildman–Crippen LogP) is 2.41. The van der Waals surface area contributed by atoms with Gasteiger partial charge in [-0.1, -0.05) is 15.9 Å². The number of hydrogen-bond donors (Lipinski definition) is 1. The van der Waals surface area contributed by atoms with Crippen LogP contribution >= 0.6 is 15.9 Å². The first-order chi connectivity index (χ1) is 9.06. The van der Waals surface area contributed by atoms with E-state index in [0.717, 1.165) is 15.6 Å². The number of rotatable bonds is 5. The van der Waals surface area contributed by atoms with Crippen LogP contribution in [0.4, 0.5) is 0 Å². The number of aliphatic carboxylic acids is 1. The molecule has 7 heteroatoms. The van der Waals surface area contributed by atoms with Crippen molar-refractivity contribution in [1.29, 1.82) is 0 Å². The van der Waals surface area contributed by atoms with Crippen molar-refractivity contribution >= 4 is 21.9 Å². The van der Waals surface area contributed by atoms with Gasteiger partial charge in [0.15, 0.2) is 0 Å². The average Bonchev–Trinajstić information content (AvgIpc) is 2.81. The van der Waals surface area contributed by atoms with Crippen molar-refractivity contribution in [2.45, 2.75) is 13.5 Å². The van der Waals surface area contributed by atoms with Crippen LogP contribution in [-0.2, 0) is 16.1 Å². The van der Waals surface area contributed by atoms with Crippen molar-refractivity contribution < 1.29 is 19.1 Å². The molecule has 0 radical (unpaired) electrons. The van der Waals surface area contributed by atoms with Crippen LogP contribution in [0.5, 0.6) is 0 Å². The molecule has 0 aliphatic rings. The lowest BCUT2D eigenvalue weighted by Gasteiger charge is -1.99. The number of aryl methyl sites for hydroxylation is 1. The van der Waals surface area contributed by atoms with Gasteiger partial charge in [0.05, 0.1) is 0 Å². The second-order valence-electron chi connectivity index (χ2n) is 3.85. The van der Waals surface area contributed by atoms with Crippen LogP contribution in [0, 0.1) is 6.92 Å². The summed E-state index contributed by atoms with van der Waals surface area (Å²) in [5, 5.41) is 16.1. The Bertz CT molecular complexity index is 597. The van der Waals surface area contributed by atoms with Crippen LogP contribution in [0.1, 0.15) is 11.5 Å². The van der Waals surface area contributed by atoms with E-state index in [0.29, 0.717) is 5.89 Å². The zero-order chi connectivity index (χ0) is 13.8. The fraction of sp³-hybridized carbons (Fsp3) is 0.250. The minimum Gasteiger partial charge on any atom is -0.480 e. The van der Waals surface area contributed by atoms with E-state index in [4.69, 9.17) is 14.3 Å². The van der Waals surface area contributed by atoms with Gasteiger partial charge in [0.1, 0.15) is 13.2 Å². The summed E-state index contributed by atoms with van der Waals surface area (Å²) >= 11 is 3.41. The highest BCUT2D eigenvalue weighted by Crippen LogP contribution is 2.24. The summed E-state index contributed by atoms with van der Waals surface area (Å²) in [7, 11) is 0. The summed E-state index contributed by atoms with van der Waals surface area (Å²) < 4.78 is 11.3. The Morgan fingerprint density at radius 2 is 2.26 bits per heavy atom. The normalized spacial score (nSPS) is 10.6. The van der Waals surface area contributed by atoms with Gasteiger partial charge in [-0.3, -0.25) is 0 Å². The number of hydrogen-bond acceptors (Lipinski definition) is 5. The molecule has 1 heterocycles. The Morgan fingerprint density at radius 1 is 1.47 bits per heavy atom. The molecule has 100 valence electrons. The molecule has 2 rings (SSSR count). The van der Waals surface area contributed by atoms with Crippen molar-refractivity contribution in [2.75, 3.05) is 6.61 Å². The smallest absolute Gasteiger partial charge is 0.329 e. The Morgan fingerprint density at radius 3 is 2.95 bits per heavy atom. The highest BCUT2D eigenvalue weighted by atomic mass is 79.9. The number of carboxylic acid groups (broad SMARTS) is 1. The van der Waals surface area contributed by atoms with Gasteiger partial charge >= 0.3 is 5.97 Å². The molecular formula is C12H11BrN2O4. The van der Waals surface area contributed by atoms with Gasteiger partial charge in [0, 0.05) is 10.0 Å². The largest absolute Gasteiger partial charge is 0.480 e. The fourth-order valence-electron chi connectivity index (χ4n) is 1.43. The maximum absolute atomic E-state index is 10.3. The van der Waals surface area contributed by atoms with Crippen molar-refractivity contribution in [2.24, 2.45) is 0 Å². The van der Waals surface area contributed by atoms with E-state index in [1.807, 2.05) is 25.1 Å². The number of ether oxygens (including phenoxy) is 1. The molecule has 1 N–H and O–H groups in total. The summed E-state index contributed by atoms with van der Waals surface area (Å²) in [5.41, 5.74) is 1.86. The van der Waals surface area contributed by atoms with Gasteiger partial charge in [0.25, 0.3) is 0 Å². The van der Waals surface area contributed by atoms with Gasteiger partial charge in [-0.25, -0.2) is 4.79 Å². The first kappa shape index (κ1) is 13.7. The van der Waals surface area contributed by atoms with Gasteiger partial charge in [-0.05, 0) is 30.7 Å². The summed E-state index contributed by atoms with van der Waals surface area (Å²) in [5.74, 6) is -0.412. The number of nitrogens with zero attached hydrogens (tertiary/aromatic N) is 2. The van der Waals surface area contributed by atoms with Crippen LogP contribution in [0.25, 0.3) is 11.5 Å². The minimum atomic E-state index is -1.04. The zero-order valence-electron chi connectivity index (χ0n) is 10.1. The first-order valence-electron chi connectivity index (χ1n) is 5.44. The molecule has 0 amide bonds. The Balaban J connectivity index is 2.07. The lowest BCUT2D eigenvalue weighted by Crippen LogP contribution is -2.06. The Labute approximate surface area is 117 Å². The SMILES string of the molecule is Cc1cc(-c2nnc(COCC(=O)O)o2)ccc1Br. The Hall–Kier alpha value is -1.73. The Kier molecular flexibility index (Phi) is 4.28. The second-order valence-corrected chi connectivity index (χ2v) is 4.71. The standard InChI is InChI=1S/C12H11BrN2O4/c1-7-4-8(2-3-9(7)13)12-15-14-10(19-12)5-18-6-11(16)17/h2-4H,5-6H2,1H3,(H,16,17). The third-order valence-electron chi connectivity index (χ3n) is 2.32. The molecule has 1 aromatic carbocycles. The quantitative estimate of drug-likeness (QED) is 0.908. The monoisotopic (exact) mass is 326 g/mol. The van der Waals surface area contributed by atoms with E-state index < -0.39 is 12.6 Å². The maximum atomic E-state index is 10.3. The lowest BCUT2D eigenvalue weighted by atomic mass is 10.1. The number of benzene rings is 1. The first-order valence-corrected chi connectivity index (χ1v) is 6.24. The number of carboxylic acids is 1. The molecule has 0 aliphatic carbocycles. The number of aromatic nitrogens is 2. The van der Waals surface area contributed by atoms with Crippen LogP contribution in [0.15, 0.2) is 27.1 Å². The minimum absolute atomic E-state index is 0.0190. The van der Waals surface area contributed by atoms with Crippen LogP contribution in [0.3, 0.4) is 0 Å². The molecule has 0 bridgehead atoms. The summed E-state index contributed by atoms with van der Waals surface area (Å²) in [4.78, 5) is 10.3. The molecule has 0 atom stereocenters. The molecule has 2 aromatic rings. The van der Waals surface area contributed by atoms with E-state index in [1.165, 1.54) is 0 Å². The molecule has 19 heavy (non-hydrogen) atoms. The number of carbonyl (C=O) groups is 1. The molecule has 0 spiro atoms. The molecule has 0 saturated carbocycles. The van der Waals surface area contributed by atoms with Gasteiger partial charge in [0.2, 0.25) is 11.8 Å². The topological polar surface area (TPSA) is 85.5 Å². The van der Waals surface area contributed by atoms with Gasteiger partial charge < -0.3 is 14.3 Å². The molecule has 0 aliphatic heterocycles. The van der Waals surface area contributed by atoms with Gasteiger partial charge in [-0.2, -0.15) is 0 Å².